The van der Waals surface area contributed by atoms with Crippen molar-refractivity contribution < 1.29 is 9.53 Å². The second-order valence-electron chi connectivity index (χ2n) is 7.25. The molecule has 1 aliphatic rings. The van der Waals surface area contributed by atoms with Gasteiger partial charge in [-0.15, -0.1) is 0 Å². The third kappa shape index (κ3) is 3.65. The lowest BCUT2D eigenvalue weighted by Gasteiger charge is -2.47. The number of methoxy groups -OCH3 is 1. The number of ether oxygens (including phenoxy) is 1. The van der Waals surface area contributed by atoms with Gasteiger partial charge in [0.15, 0.2) is 0 Å². The minimum absolute atomic E-state index is 0.0354. The molecule has 0 N–H and O–H groups in total. The highest BCUT2D eigenvalue weighted by Gasteiger charge is 2.48. The van der Waals surface area contributed by atoms with Crippen LogP contribution >= 0.6 is 0 Å². The molecule has 0 bridgehead atoms. The number of nitrogens with zero attached hydrogens (tertiary/aromatic N) is 1. The van der Waals surface area contributed by atoms with E-state index in [4.69, 9.17) is 4.74 Å². The van der Waals surface area contributed by atoms with Gasteiger partial charge in [0.05, 0.1) is 19.1 Å². The Balaban J connectivity index is 1.52. The summed E-state index contributed by atoms with van der Waals surface area (Å²) in [7, 11) is 1.65. The van der Waals surface area contributed by atoms with Crippen LogP contribution in [0.25, 0.3) is 0 Å². The van der Waals surface area contributed by atoms with Crippen LogP contribution in [0.4, 0.5) is 5.69 Å². The van der Waals surface area contributed by atoms with Crippen LogP contribution in [0.1, 0.15) is 30.0 Å². The van der Waals surface area contributed by atoms with Crippen molar-refractivity contribution in [1.82, 2.24) is 0 Å². The van der Waals surface area contributed by atoms with Crippen LogP contribution in [0.3, 0.4) is 0 Å². The summed E-state index contributed by atoms with van der Waals surface area (Å²) in [6.45, 7) is 0. The maximum Gasteiger partial charge on any atom is 0.233 e. The van der Waals surface area contributed by atoms with Crippen molar-refractivity contribution in [1.29, 1.82) is 0 Å². The number of carbonyl (C=O) groups is 1. The van der Waals surface area contributed by atoms with E-state index in [2.05, 4.69) is 36.4 Å². The molecule has 1 heterocycles. The van der Waals surface area contributed by atoms with Gasteiger partial charge in [0.2, 0.25) is 5.91 Å². The molecule has 142 valence electrons. The molecular weight excluding hydrogens is 346 g/mol. The van der Waals surface area contributed by atoms with Crippen LogP contribution in [0.5, 0.6) is 5.75 Å². The zero-order chi connectivity index (χ0) is 19.3. The topological polar surface area (TPSA) is 29.5 Å². The Morgan fingerprint density at radius 2 is 1.50 bits per heavy atom. The van der Waals surface area contributed by atoms with Gasteiger partial charge in [0.1, 0.15) is 5.75 Å². The predicted octanol–water partition coefficient (Wildman–Crippen LogP) is 5.42. The molecule has 1 aliphatic heterocycles. The average molecular weight is 371 g/mol. The molecule has 3 aromatic carbocycles. The van der Waals surface area contributed by atoms with E-state index in [0.717, 1.165) is 30.7 Å². The SMILES string of the molecule is COc1ccc(N2C(=O)[C@H](CCCc3ccccc3)[C@@H]2c2ccccc2)cc1. The first kappa shape index (κ1) is 18.3. The van der Waals surface area contributed by atoms with Crippen LogP contribution < -0.4 is 9.64 Å². The monoisotopic (exact) mass is 371 g/mol. The van der Waals surface area contributed by atoms with Crippen molar-refractivity contribution in [2.45, 2.75) is 25.3 Å². The fourth-order valence-corrected chi connectivity index (χ4v) is 4.06. The summed E-state index contributed by atoms with van der Waals surface area (Å²) < 4.78 is 5.25. The summed E-state index contributed by atoms with van der Waals surface area (Å²) in [5, 5.41) is 0. The second-order valence-corrected chi connectivity index (χ2v) is 7.25. The number of hydrogen-bond acceptors (Lipinski definition) is 2. The van der Waals surface area contributed by atoms with Crippen LogP contribution in [0.15, 0.2) is 84.9 Å². The molecule has 0 radical (unpaired) electrons. The zero-order valence-corrected chi connectivity index (χ0v) is 16.1. The zero-order valence-electron chi connectivity index (χ0n) is 16.1. The molecular formula is C25H25NO2. The lowest BCUT2D eigenvalue weighted by atomic mass is 9.78. The fourth-order valence-electron chi connectivity index (χ4n) is 4.06. The van der Waals surface area contributed by atoms with Crippen molar-refractivity contribution in [3.63, 3.8) is 0 Å². The van der Waals surface area contributed by atoms with E-state index in [0.29, 0.717) is 0 Å². The van der Waals surface area contributed by atoms with Gasteiger partial charge < -0.3 is 9.64 Å². The van der Waals surface area contributed by atoms with Crippen LogP contribution in [-0.4, -0.2) is 13.0 Å². The standard InChI is InChI=1S/C25H25NO2/c1-28-22-17-15-21(16-18-22)26-24(20-12-6-3-7-13-20)23(25(26)27)14-8-11-19-9-4-2-5-10-19/h2-7,9-10,12-13,15-18,23-24H,8,11,14H2,1H3/t23-,24+/m1/s1. The first-order valence-corrected chi connectivity index (χ1v) is 9.84. The number of anilines is 1. The molecule has 0 unspecified atom stereocenters. The van der Waals surface area contributed by atoms with Crippen LogP contribution in [0, 0.1) is 5.92 Å². The predicted molar refractivity (Wildman–Crippen MR) is 113 cm³/mol. The van der Waals surface area contributed by atoms with Gasteiger partial charge in [-0.05, 0) is 54.7 Å². The third-order valence-electron chi connectivity index (χ3n) is 5.53. The fraction of sp³-hybridized carbons (Fsp3) is 0.240. The second kappa shape index (κ2) is 8.30. The Labute approximate surface area is 166 Å². The molecule has 4 rings (SSSR count). The Morgan fingerprint density at radius 1 is 0.857 bits per heavy atom. The van der Waals surface area contributed by atoms with E-state index in [1.165, 1.54) is 11.1 Å². The average Bonchev–Trinajstić information content (AvgIpc) is 2.76. The number of carbonyl (C=O) groups excluding carboxylic acids is 1. The summed E-state index contributed by atoms with van der Waals surface area (Å²) in [5.41, 5.74) is 3.46. The summed E-state index contributed by atoms with van der Waals surface area (Å²) in [5.74, 6) is 1.05. The van der Waals surface area contributed by atoms with Gasteiger partial charge in [0.25, 0.3) is 0 Å². The van der Waals surface area contributed by atoms with E-state index in [9.17, 15) is 4.79 Å². The first-order chi connectivity index (χ1) is 13.8. The molecule has 1 saturated heterocycles. The van der Waals surface area contributed by atoms with E-state index in [-0.39, 0.29) is 17.9 Å². The number of amides is 1. The van der Waals surface area contributed by atoms with Crippen molar-refractivity contribution in [3.05, 3.63) is 96.1 Å². The summed E-state index contributed by atoms with van der Waals surface area (Å²) in [4.78, 5) is 15.0. The van der Waals surface area contributed by atoms with E-state index >= 15 is 0 Å². The maximum absolute atomic E-state index is 13.0. The van der Waals surface area contributed by atoms with Gasteiger partial charge in [-0.25, -0.2) is 0 Å². The Kier molecular flexibility index (Phi) is 5.43. The molecule has 28 heavy (non-hydrogen) atoms. The van der Waals surface area contributed by atoms with E-state index in [1.54, 1.807) is 7.11 Å². The van der Waals surface area contributed by atoms with Crippen molar-refractivity contribution in [2.75, 3.05) is 12.0 Å². The maximum atomic E-state index is 13.0. The summed E-state index contributed by atoms with van der Waals surface area (Å²) in [6, 6.07) is 28.7. The van der Waals surface area contributed by atoms with E-state index < -0.39 is 0 Å². The summed E-state index contributed by atoms with van der Waals surface area (Å²) in [6.07, 6.45) is 2.93. The molecule has 0 aromatic heterocycles. The smallest absolute Gasteiger partial charge is 0.233 e. The lowest BCUT2D eigenvalue weighted by Crippen LogP contribution is -2.55. The first-order valence-electron chi connectivity index (χ1n) is 9.84. The Bertz CT molecular complexity index is 906. The highest BCUT2D eigenvalue weighted by molar-refractivity contribution is 6.03. The minimum atomic E-state index is 0.0354. The highest BCUT2D eigenvalue weighted by Crippen LogP contribution is 2.45. The minimum Gasteiger partial charge on any atom is -0.497 e. The van der Waals surface area contributed by atoms with Crippen molar-refractivity contribution in [3.8, 4) is 5.75 Å². The number of hydrogen-bond donors (Lipinski definition) is 0. The molecule has 0 saturated carbocycles. The molecule has 3 heteroatoms. The molecule has 0 spiro atoms. The van der Waals surface area contributed by atoms with Crippen LogP contribution in [-0.2, 0) is 11.2 Å². The highest BCUT2D eigenvalue weighted by atomic mass is 16.5. The van der Waals surface area contributed by atoms with E-state index in [1.807, 2.05) is 53.4 Å². The van der Waals surface area contributed by atoms with Crippen molar-refractivity contribution in [2.24, 2.45) is 5.92 Å². The Hall–Kier alpha value is -3.07. The van der Waals surface area contributed by atoms with Crippen molar-refractivity contribution >= 4 is 11.6 Å². The summed E-state index contributed by atoms with van der Waals surface area (Å²) >= 11 is 0. The van der Waals surface area contributed by atoms with Crippen LogP contribution in [0.2, 0.25) is 0 Å². The Morgan fingerprint density at radius 3 is 2.14 bits per heavy atom. The van der Waals surface area contributed by atoms with Gasteiger partial charge in [-0.1, -0.05) is 60.7 Å². The quantitative estimate of drug-likeness (QED) is 0.519. The number of aryl methyl sites for hydroxylation is 1. The molecule has 2 atom stereocenters. The molecule has 3 nitrogen and oxygen atoms in total. The molecule has 0 aliphatic carbocycles. The molecule has 1 amide bonds. The largest absolute Gasteiger partial charge is 0.497 e. The third-order valence-corrected chi connectivity index (χ3v) is 5.53. The van der Waals surface area contributed by atoms with Gasteiger partial charge in [-0.2, -0.15) is 0 Å². The number of β-lactam (4-membered cyclic amide) rings is 1. The molecule has 3 aromatic rings. The normalized spacial score (nSPS) is 18.6. The van der Waals surface area contributed by atoms with Gasteiger partial charge >= 0.3 is 0 Å². The number of benzene rings is 3. The number of rotatable bonds is 7. The molecule has 1 fully saturated rings. The lowest BCUT2D eigenvalue weighted by molar-refractivity contribution is -0.130. The van der Waals surface area contributed by atoms with Gasteiger partial charge in [0, 0.05) is 5.69 Å². The van der Waals surface area contributed by atoms with Gasteiger partial charge in [-0.3, -0.25) is 4.79 Å².